The highest BCUT2D eigenvalue weighted by Gasteiger charge is 2.54. The fourth-order valence-corrected chi connectivity index (χ4v) is 12.4. The number of benzene rings is 3. The van der Waals surface area contributed by atoms with Crippen LogP contribution in [0.5, 0.6) is 11.5 Å². The Morgan fingerprint density at radius 1 is 1.01 bits per heavy atom. The number of hydrogen-bond donors (Lipinski definition) is 3. The van der Waals surface area contributed by atoms with Crippen LogP contribution in [0.25, 0.3) is 22.3 Å². The Hall–Kier alpha value is -6.32. The number of aromatic nitrogens is 2. The molecule has 3 N–H and O–H groups in total. The van der Waals surface area contributed by atoms with E-state index in [4.69, 9.17) is 14.5 Å². The lowest BCUT2D eigenvalue weighted by Crippen LogP contribution is -2.64. The highest BCUT2D eigenvalue weighted by Crippen LogP contribution is 2.50. The van der Waals surface area contributed by atoms with E-state index < -0.39 is 18.1 Å². The average Bonchev–Trinajstić information content (AvgIpc) is 3.89. The Morgan fingerprint density at radius 3 is 2.58 bits per heavy atom. The van der Waals surface area contributed by atoms with E-state index in [2.05, 4.69) is 47.3 Å². The molecular formula is C54H59FN6O8. The molecular weight excluding hydrogens is 880 g/mol. The second-order valence-corrected chi connectivity index (χ2v) is 21.0. The summed E-state index contributed by atoms with van der Waals surface area (Å²) >= 11 is 0. The molecule has 360 valence electrons. The summed E-state index contributed by atoms with van der Waals surface area (Å²) in [5.74, 6) is -1.24. The number of amides is 2. The van der Waals surface area contributed by atoms with Crippen LogP contribution >= 0.6 is 0 Å². The minimum atomic E-state index is -0.547. The third kappa shape index (κ3) is 7.81. The van der Waals surface area contributed by atoms with E-state index in [1.807, 2.05) is 13.0 Å². The van der Waals surface area contributed by atoms with Crippen molar-refractivity contribution in [1.29, 1.82) is 0 Å². The Bertz CT molecular complexity index is 3060. The van der Waals surface area contributed by atoms with Crippen LogP contribution in [-0.4, -0.2) is 91.8 Å². The smallest absolute Gasteiger partial charge is 0.407 e. The van der Waals surface area contributed by atoms with Gasteiger partial charge in [-0.15, -0.1) is 0 Å². The number of nitrogens with zero attached hydrogens (tertiary/aromatic N) is 5. The number of alkyl carbamates (subject to hydrolysis) is 1. The normalized spacial score (nSPS) is 20.2. The zero-order valence-electron chi connectivity index (χ0n) is 39.9. The number of pyridine rings is 2. The summed E-state index contributed by atoms with van der Waals surface area (Å²) in [7, 11) is 2.14. The molecule has 6 aliphatic rings. The van der Waals surface area contributed by atoms with Crippen LogP contribution in [0, 0.1) is 31.0 Å². The van der Waals surface area contributed by atoms with Gasteiger partial charge in [0.05, 0.1) is 46.5 Å². The molecule has 3 aromatic carbocycles. The van der Waals surface area contributed by atoms with E-state index in [-0.39, 0.29) is 65.0 Å². The lowest BCUT2D eigenvalue weighted by atomic mass is 9.61. The zero-order chi connectivity index (χ0) is 48.2. The highest BCUT2D eigenvalue weighted by molar-refractivity contribution is 5.98. The minimum absolute atomic E-state index is 0.0392. The minimum Gasteiger partial charge on any atom is -0.508 e. The maximum atomic E-state index is 15.4. The van der Waals surface area contributed by atoms with Crippen molar-refractivity contribution >= 4 is 28.9 Å². The van der Waals surface area contributed by atoms with Crippen molar-refractivity contribution in [2.45, 2.75) is 117 Å². The van der Waals surface area contributed by atoms with Crippen molar-refractivity contribution in [1.82, 2.24) is 29.6 Å². The third-order valence-electron chi connectivity index (χ3n) is 16.1. The van der Waals surface area contributed by atoms with Crippen LogP contribution in [-0.2, 0) is 53.5 Å². The van der Waals surface area contributed by atoms with Gasteiger partial charge in [-0.1, -0.05) is 32.0 Å². The number of nitrogens with one attached hydrogen (secondary N) is 1. The van der Waals surface area contributed by atoms with Crippen molar-refractivity contribution in [3.05, 3.63) is 120 Å². The number of hydrogen-bond acceptors (Lipinski definition) is 11. The van der Waals surface area contributed by atoms with Crippen molar-refractivity contribution in [2.24, 2.45) is 11.3 Å². The van der Waals surface area contributed by atoms with E-state index in [1.165, 1.54) is 23.8 Å². The van der Waals surface area contributed by atoms with Gasteiger partial charge in [-0.05, 0) is 129 Å². The Morgan fingerprint density at radius 2 is 1.80 bits per heavy atom. The quantitative estimate of drug-likeness (QED) is 0.109. The highest BCUT2D eigenvalue weighted by atomic mass is 19.1. The molecule has 2 aromatic heterocycles. The van der Waals surface area contributed by atoms with E-state index in [9.17, 15) is 29.4 Å². The first kappa shape index (κ1) is 45.1. The predicted octanol–water partition coefficient (Wildman–Crippen LogP) is 7.63. The summed E-state index contributed by atoms with van der Waals surface area (Å²) in [5, 5.41) is 24.3. The van der Waals surface area contributed by atoms with E-state index >= 15 is 4.39 Å². The SMILES string of the molecule is CCC1C(=O)OCc2c1cc1n(c2=O)Cc2c-1nc1cc(F)c(C)c3c1c2C(NC(=O)OC1CC2(C1)CN(CC(C)CCN(C)Cc1ccc4c(c1)CN(C(=O)c1cc(C)c(O)cc1O)C4)C2)CC3. The standard InChI is InChI=1S/C54H59FN6O8/c1-6-35-37-15-44-49-39(24-61(44)51(65)40(37)25-68-52(35)66)48-42(10-9-36-30(4)41(55)16-43(56-49)47(36)48)57-53(67)69-34-18-54(19-34)26-59(27-54)20-28(2)11-12-58(5)21-31-7-8-32-22-60(23-33(32)14-31)50(64)38-13-29(3)45(62)17-46(38)63/h7-8,13-17,28,34-35,42,62-63H,6,9-12,18-27H2,1-5H3,(H,57,67). The number of aryl methyl sites for hydroxylation is 2. The number of esters is 1. The van der Waals surface area contributed by atoms with Crippen LogP contribution < -0.4 is 10.9 Å². The van der Waals surface area contributed by atoms with Gasteiger partial charge in [0.2, 0.25) is 0 Å². The van der Waals surface area contributed by atoms with Crippen LogP contribution in [0.1, 0.15) is 124 Å². The van der Waals surface area contributed by atoms with Crippen molar-refractivity contribution in [2.75, 3.05) is 33.2 Å². The second-order valence-electron chi connectivity index (χ2n) is 21.0. The Kier molecular flexibility index (Phi) is 11.1. The van der Waals surface area contributed by atoms with Crippen molar-refractivity contribution < 1.29 is 38.5 Å². The molecule has 2 aliphatic carbocycles. The summed E-state index contributed by atoms with van der Waals surface area (Å²) in [6, 6.07) is 12.1. The number of likely N-dealkylation sites (tertiary alicyclic amines) is 1. The number of carbonyl (C=O) groups is 3. The Labute approximate surface area is 400 Å². The van der Waals surface area contributed by atoms with Gasteiger partial charge in [-0.25, -0.2) is 14.2 Å². The molecule has 5 aromatic rings. The maximum Gasteiger partial charge on any atom is 0.407 e. The molecule has 1 saturated carbocycles. The van der Waals surface area contributed by atoms with Crippen LogP contribution in [0.3, 0.4) is 0 Å². The van der Waals surface area contributed by atoms with Gasteiger partial charge in [0.15, 0.2) is 0 Å². The first-order valence-corrected chi connectivity index (χ1v) is 24.5. The van der Waals surface area contributed by atoms with E-state index in [0.29, 0.717) is 77.4 Å². The molecule has 0 bridgehead atoms. The molecule has 4 aliphatic heterocycles. The predicted molar refractivity (Wildman–Crippen MR) is 255 cm³/mol. The maximum absolute atomic E-state index is 15.4. The molecule has 1 spiro atoms. The molecule has 3 unspecified atom stereocenters. The van der Waals surface area contributed by atoms with Crippen LogP contribution in [0.15, 0.2) is 47.3 Å². The summed E-state index contributed by atoms with van der Waals surface area (Å²) in [6.45, 7) is 13.6. The summed E-state index contributed by atoms with van der Waals surface area (Å²) in [5.41, 5.74) is 10.0. The zero-order valence-corrected chi connectivity index (χ0v) is 39.9. The third-order valence-corrected chi connectivity index (χ3v) is 16.1. The Balaban J connectivity index is 0.668. The van der Waals surface area contributed by atoms with Gasteiger partial charge < -0.3 is 44.3 Å². The molecule has 6 heterocycles. The lowest BCUT2D eigenvalue weighted by molar-refractivity contribution is -0.148. The summed E-state index contributed by atoms with van der Waals surface area (Å²) in [4.78, 5) is 65.2. The molecule has 11 rings (SSSR count). The van der Waals surface area contributed by atoms with Crippen LogP contribution in [0.4, 0.5) is 9.18 Å². The number of fused-ring (bicyclic) bond motifs is 6. The van der Waals surface area contributed by atoms with Gasteiger partial charge in [-0.2, -0.15) is 0 Å². The number of carbonyl (C=O) groups excluding carboxylic acids is 3. The summed E-state index contributed by atoms with van der Waals surface area (Å²) in [6.07, 6.45) is 3.67. The number of ether oxygens (including phenoxy) is 2. The fourth-order valence-electron chi connectivity index (χ4n) is 12.4. The number of phenols is 2. The van der Waals surface area contributed by atoms with Gasteiger partial charge in [0.1, 0.15) is 30.0 Å². The molecule has 69 heavy (non-hydrogen) atoms. The molecule has 14 nitrogen and oxygen atoms in total. The molecule has 2 fully saturated rings. The number of phenolic OH excluding ortho intramolecular Hbond substituents is 2. The fraction of sp³-hybridized carbons (Fsp3) is 0.463. The molecule has 15 heteroatoms. The molecule has 3 atom stereocenters. The number of cyclic esters (lactones) is 1. The molecule has 2 amide bonds. The first-order chi connectivity index (χ1) is 33.1. The van der Waals surface area contributed by atoms with Gasteiger partial charge in [0.25, 0.3) is 11.5 Å². The van der Waals surface area contributed by atoms with E-state index in [0.717, 1.165) is 85.2 Å². The van der Waals surface area contributed by atoms with E-state index in [1.54, 1.807) is 23.3 Å². The van der Waals surface area contributed by atoms with Gasteiger partial charge in [-0.3, -0.25) is 14.4 Å². The monoisotopic (exact) mass is 938 g/mol. The average molecular weight is 939 g/mol. The number of rotatable bonds is 11. The first-order valence-electron chi connectivity index (χ1n) is 24.5. The number of halogens is 1. The summed E-state index contributed by atoms with van der Waals surface area (Å²) < 4.78 is 28.5. The largest absolute Gasteiger partial charge is 0.508 e. The topological polar surface area (TPSA) is 167 Å². The number of aromatic hydroxyl groups is 2. The van der Waals surface area contributed by atoms with Gasteiger partial charge in [0, 0.05) is 67.8 Å². The van der Waals surface area contributed by atoms with Crippen molar-refractivity contribution in [3.8, 4) is 22.9 Å². The lowest BCUT2D eigenvalue weighted by Gasteiger charge is -2.59. The molecule has 1 saturated heterocycles. The second kappa shape index (κ2) is 17.0. The van der Waals surface area contributed by atoms with Gasteiger partial charge >= 0.3 is 12.1 Å². The van der Waals surface area contributed by atoms with Crippen LogP contribution in [0.2, 0.25) is 0 Å². The molecule has 0 radical (unpaired) electrons. The van der Waals surface area contributed by atoms with Crippen molar-refractivity contribution in [3.63, 3.8) is 0 Å².